The van der Waals surface area contributed by atoms with Gasteiger partial charge in [-0.05, 0) is 51.2 Å². The normalized spacial score (nSPS) is 15.4. The highest BCUT2D eigenvalue weighted by molar-refractivity contribution is 7.03. The molecule has 0 spiro atoms. The predicted octanol–water partition coefficient (Wildman–Crippen LogP) is 2.94. The minimum atomic E-state index is -1.06. The number of amides is 2. The molecule has 1 aromatic heterocycles. The smallest absolute Gasteiger partial charge is 0.276 e. The van der Waals surface area contributed by atoms with Crippen LogP contribution < -0.4 is 5.32 Å². The Labute approximate surface area is 155 Å². The second-order valence-electron chi connectivity index (χ2n) is 7.40. The molecule has 138 valence electrons. The number of nitrogens with one attached hydrogen (secondary N) is 1. The molecule has 0 radical (unpaired) electrons. The number of aromatic nitrogens is 2. The lowest BCUT2D eigenvalue weighted by Gasteiger charge is -2.33. The lowest BCUT2D eigenvalue weighted by molar-refractivity contribution is -0.127. The minimum Gasteiger partial charge on any atom is -0.349 e. The van der Waals surface area contributed by atoms with E-state index in [1.807, 2.05) is 20.8 Å². The molecule has 0 unspecified atom stereocenters. The van der Waals surface area contributed by atoms with Crippen molar-refractivity contribution in [3.63, 3.8) is 0 Å². The summed E-state index contributed by atoms with van der Waals surface area (Å²) in [5, 5.41) is 8.25. The van der Waals surface area contributed by atoms with Gasteiger partial charge in [0.15, 0.2) is 5.69 Å². The summed E-state index contributed by atoms with van der Waals surface area (Å²) in [6.45, 7) is 5.53. The van der Waals surface area contributed by atoms with Crippen LogP contribution in [0.5, 0.6) is 0 Å². The third kappa shape index (κ3) is 4.07. The third-order valence-electron chi connectivity index (χ3n) is 3.98. The van der Waals surface area contributed by atoms with E-state index in [9.17, 15) is 14.0 Å². The molecule has 1 aromatic carbocycles. The summed E-state index contributed by atoms with van der Waals surface area (Å²) in [6.07, 6.45) is 1.55. The molecule has 1 saturated carbocycles. The van der Waals surface area contributed by atoms with E-state index in [1.165, 1.54) is 16.3 Å². The van der Waals surface area contributed by atoms with Crippen LogP contribution in [0.3, 0.4) is 0 Å². The van der Waals surface area contributed by atoms with Gasteiger partial charge in [0.25, 0.3) is 5.91 Å². The van der Waals surface area contributed by atoms with Crippen LogP contribution in [0.1, 0.15) is 55.7 Å². The quantitative estimate of drug-likeness (QED) is 0.871. The zero-order valence-corrected chi connectivity index (χ0v) is 15.7. The van der Waals surface area contributed by atoms with E-state index in [0.717, 1.165) is 24.4 Å². The van der Waals surface area contributed by atoms with Gasteiger partial charge in [-0.1, -0.05) is 22.7 Å². The van der Waals surface area contributed by atoms with Gasteiger partial charge in [-0.15, -0.1) is 5.10 Å². The Balaban J connectivity index is 2.04. The standard InChI is InChI=1S/C18H21FN4O2S/c1-18(2,3)20-16(24)15(12-6-4-5-7-13(12)19)23(11-8-9-11)17(25)14-10-26-22-21-14/h4-7,10-11,15H,8-9H2,1-3H3,(H,20,24)/t15-/m1/s1. The summed E-state index contributed by atoms with van der Waals surface area (Å²) >= 11 is 1.06. The first-order valence-corrected chi connectivity index (χ1v) is 9.28. The van der Waals surface area contributed by atoms with Crippen molar-refractivity contribution in [2.24, 2.45) is 0 Å². The van der Waals surface area contributed by atoms with Crippen LogP contribution in [-0.2, 0) is 4.79 Å². The number of carbonyl (C=O) groups is 2. The largest absolute Gasteiger partial charge is 0.349 e. The third-order valence-corrected chi connectivity index (χ3v) is 4.48. The van der Waals surface area contributed by atoms with Gasteiger partial charge in [0.05, 0.1) is 0 Å². The molecule has 2 amide bonds. The molecular formula is C18H21FN4O2S. The lowest BCUT2D eigenvalue weighted by Crippen LogP contribution is -2.50. The summed E-state index contributed by atoms with van der Waals surface area (Å²) in [5.74, 6) is -1.33. The van der Waals surface area contributed by atoms with Gasteiger partial charge < -0.3 is 10.2 Å². The Morgan fingerprint density at radius 1 is 1.31 bits per heavy atom. The average Bonchev–Trinajstić information content (AvgIpc) is 3.23. The topological polar surface area (TPSA) is 75.2 Å². The zero-order chi connectivity index (χ0) is 18.9. The summed E-state index contributed by atoms with van der Waals surface area (Å²) < 4.78 is 18.3. The molecule has 0 bridgehead atoms. The SMILES string of the molecule is CC(C)(C)NC(=O)[C@@H](c1ccccc1F)N(C(=O)c1csnn1)C1CC1. The van der Waals surface area contributed by atoms with Crippen molar-refractivity contribution >= 4 is 23.3 Å². The molecule has 1 aliphatic rings. The van der Waals surface area contributed by atoms with E-state index in [4.69, 9.17) is 0 Å². The van der Waals surface area contributed by atoms with E-state index >= 15 is 0 Å². The van der Waals surface area contributed by atoms with Gasteiger partial charge in [0, 0.05) is 22.5 Å². The van der Waals surface area contributed by atoms with E-state index < -0.39 is 29.2 Å². The van der Waals surface area contributed by atoms with Crippen LogP contribution in [0.25, 0.3) is 0 Å². The van der Waals surface area contributed by atoms with Crippen molar-refractivity contribution in [1.29, 1.82) is 0 Å². The van der Waals surface area contributed by atoms with Crippen LogP contribution in [-0.4, -0.2) is 37.9 Å². The molecule has 2 aromatic rings. The first kappa shape index (κ1) is 18.4. The van der Waals surface area contributed by atoms with E-state index in [1.54, 1.807) is 18.2 Å². The van der Waals surface area contributed by atoms with Crippen molar-refractivity contribution < 1.29 is 14.0 Å². The van der Waals surface area contributed by atoms with Crippen molar-refractivity contribution in [3.05, 3.63) is 46.7 Å². The zero-order valence-electron chi connectivity index (χ0n) is 14.9. The Morgan fingerprint density at radius 2 is 2.00 bits per heavy atom. The predicted molar refractivity (Wildman–Crippen MR) is 96.1 cm³/mol. The van der Waals surface area contributed by atoms with Gasteiger partial charge in [-0.2, -0.15) is 0 Å². The fraction of sp³-hybridized carbons (Fsp3) is 0.444. The molecule has 1 atom stereocenters. The molecule has 1 N–H and O–H groups in total. The summed E-state index contributed by atoms with van der Waals surface area (Å²) in [6, 6.07) is 4.90. The fourth-order valence-electron chi connectivity index (χ4n) is 2.79. The second-order valence-corrected chi connectivity index (χ2v) is 8.01. The van der Waals surface area contributed by atoms with Crippen molar-refractivity contribution in [1.82, 2.24) is 19.8 Å². The molecule has 1 fully saturated rings. The molecule has 1 heterocycles. The first-order valence-electron chi connectivity index (χ1n) is 8.44. The van der Waals surface area contributed by atoms with Gasteiger partial charge >= 0.3 is 0 Å². The van der Waals surface area contributed by atoms with Gasteiger partial charge in [-0.25, -0.2) is 4.39 Å². The molecule has 8 heteroatoms. The molecule has 0 aliphatic heterocycles. The highest BCUT2D eigenvalue weighted by Gasteiger charge is 2.43. The van der Waals surface area contributed by atoms with Gasteiger partial charge in [-0.3, -0.25) is 9.59 Å². The molecule has 0 saturated heterocycles. The monoisotopic (exact) mass is 376 g/mol. The number of nitrogens with zero attached hydrogens (tertiary/aromatic N) is 3. The van der Waals surface area contributed by atoms with Crippen LogP contribution in [0, 0.1) is 5.82 Å². The minimum absolute atomic E-state index is 0.112. The maximum Gasteiger partial charge on any atom is 0.276 e. The van der Waals surface area contributed by atoms with E-state index in [0.29, 0.717) is 0 Å². The van der Waals surface area contributed by atoms with Crippen LogP contribution in [0.2, 0.25) is 0 Å². The first-order chi connectivity index (χ1) is 12.3. The van der Waals surface area contributed by atoms with Gasteiger partial charge in [0.1, 0.15) is 11.9 Å². The Kier molecular flexibility index (Phi) is 5.04. The van der Waals surface area contributed by atoms with Gasteiger partial charge in [0.2, 0.25) is 5.91 Å². The number of rotatable bonds is 5. The van der Waals surface area contributed by atoms with Crippen molar-refractivity contribution in [3.8, 4) is 0 Å². The number of hydrogen-bond donors (Lipinski definition) is 1. The van der Waals surface area contributed by atoms with Crippen LogP contribution in [0.4, 0.5) is 4.39 Å². The number of halogens is 1. The van der Waals surface area contributed by atoms with Crippen molar-refractivity contribution in [2.45, 2.75) is 51.2 Å². The van der Waals surface area contributed by atoms with E-state index in [2.05, 4.69) is 14.9 Å². The summed E-state index contributed by atoms with van der Waals surface area (Å²) in [5.41, 5.74) is -0.161. The highest BCUT2D eigenvalue weighted by Crippen LogP contribution is 2.37. The fourth-order valence-corrected chi connectivity index (χ4v) is 3.22. The second kappa shape index (κ2) is 7.11. The van der Waals surface area contributed by atoms with Crippen LogP contribution in [0.15, 0.2) is 29.6 Å². The lowest BCUT2D eigenvalue weighted by atomic mass is 10.0. The Hall–Kier alpha value is -2.35. The summed E-state index contributed by atoms with van der Waals surface area (Å²) in [4.78, 5) is 27.5. The number of hydrogen-bond acceptors (Lipinski definition) is 5. The summed E-state index contributed by atoms with van der Waals surface area (Å²) in [7, 11) is 0. The molecule has 6 nitrogen and oxygen atoms in total. The number of carbonyl (C=O) groups excluding carboxylic acids is 2. The van der Waals surface area contributed by atoms with Crippen molar-refractivity contribution in [2.75, 3.05) is 0 Å². The number of benzene rings is 1. The Bertz CT molecular complexity index is 800. The maximum absolute atomic E-state index is 14.5. The maximum atomic E-state index is 14.5. The Morgan fingerprint density at radius 3 is 2.54 bits per heavy atom. The van der Waals surface area contributed by atoms with E-state index in [-0.39, 0.29) is 17.3 Å². The molecule has 26 heavy (non-hydrogen) atoms. The van der Waals surface area contributed by atoms with Crippen LogP contribution >= 0.6 is 11.5 Å². The molecular weight excluding hydrogens is 355 g/mol. The molecule has 3 rings (SSSR count). The average molecular weight is 376 g/mol. The highest BCUT2D eigenvalue weighted by atomic mass is 32.1. The molecule has 1 aliphatic carbocycles.